The van der Waals surface area contributed by atoms with E-state index in [0.717, 1.165) is 24.8 Å². The average molecular weight is 278 g/mol. The van der Waals surface area contributed by atoms with Gasteiger partial charge in [0.1, 0.15) is 5.75 Å². The maximum absolute atomic E-state index is 5.32. The molecule has 0 saturated heterocycles. The lowest BCUT2D eigenvalue weighted by Crippen LogP contribution is -2.31. The first-order valence-electron chi connectivity index (χ1n) is 7.55. The number of nitrogens with zero attached hydrogens (tertiary/aromatic N) is 1. The summed E-state index contributed by atoms with van der Waals surface area (Å²) in [6.45, 7) is 6.61. The number of nitrogens with one attached hydrogen (secondary N) is 1. The fourth-order valence-electron chi connectivity index (χ4n) is 2.32. The molecule has 0 fully saturated rings. The van der Waals surface area contributed by atoms with Crippen LogP contribution in [0.25, 0.3) is 0 Å². The molecule has 1 aromatic carbocycles. The Bertz CT molecular complexity index is 377. The Balaban J connectivity index is 2.51. The lowest BCUT2D eigenvalue weighted by molar-refractivity contribution is 0.287. The highest BCUT2D eigenvalue weighted by molar-refractivity contribution is 5.30. The van der Waals surface area contributed by atoms with E-state index in [-0.39, 0.29) is 0 Å². The molecule has 1 rings (SSSR count). The van der Waals surface area contributed by atoms with Gasteiger partial charge in [-0.1, -0.05) is 26.0 Å². The second-order valence-electron chi connectivity index (χ2n) is 6.00. The molecule has 0 radical (unpaired) electrons. The fourth-order valence-corrected chi connectivity index (χ4v) is 2.32. The van der Waals surface area contributed by atoms with E-state index in [1.807, 2.05) is 6.07 Å². The standard InChI is InChI=1S/C17H30N2O/c1-14(2)8-7-11-18-13-17(19(3)4)15-9-6-10-16(12-15)20-5/h6,9-10,12,14,17-18H,7-8,11,13H2,1-5H3. The number of benzene rings is 1. The first-order valence-corrected chi connectivity index (χ1v) is 7.55. The van der Waals surface area contributed by atoms with Gasteiger partial charge in [0.05, 0.1) is 7.11 Å². The van der Waals surface area contributed by atoms with Crippen LogP contribution in [0.1, 0.15) is 38.3 Å². The lowest BCUT2D eigenvalue weighted by Gasteiger charge is -2.25. The van der Waals surface area contributed by atoms with E-state index in [9.17, 15) is 0 Å². The third-order valence-electron chi connectivity index (χ3n) is 3.57. The van der Waals surface area contributed by atoms with E-state index in [1.165, 1.54) is 18.4 Å². The molecule has 0 aliphatic heterocycles. The molecule has 0 spiro atoms. The SMILES string of the molecule is COc1cccc(C(CNCCCC(C)C)N(C)C)c1. The van der Waals surface area contributed by atoms with Gasteiger partial charge in [0.15, 0.2) is 0 Å². The van der Waals surface area contributed by atoms with Crippen molar-refractivity contribution in [1.82, 2.24) is 10.2 Å². The highest BCUT2D eigenvalue weighted by atomic mass is 16.5. The Labute approximate surface area is 124 Å². The van der Waals surface area contributed by atoms with Crippen molar-refractivity contribution in [2.75, 3.05) is 34.3 Å². The summed E-state index contributed by atoms with van der Waals surface area (Å²) >= 11 is 0. The molecule has 1 unspecified atom stereocenters. The number of ether oxygens (including phenoxy) is 1. The summed E-state index contributed by atoms with van der Waals surface area (Å²) in [4.78, 5) is 2.25. The highest BCUT2D eigenvalue weighted by Crippen LogP contribution is 2.22. The summed E-state index contributed by atoms with van der Waals surface area (Å²) in [6, 6.07) is 8.73. The smallest absolute Gasteiger partial charge is 0.119 e. The Kier molecular flexibility index (Phi) is 7.63. The van der Waals surface area contributed by atoms with Crippen molar-refractivity contribution in [2.45, 2.75) is 32.7 Å². The molecular weight excluding hydrogens is 248 g/mol. The van der Waals surface area contributed by atoms with Crippen LogP contribution >= 0.6 is 0 Å². The summed E-state index contributed by atoms with van der Waals surface area (Å²) < 4.78 is 5.32. The molecule has 3 heteroatoms. The molecule has 0 aromatic heterocycles. The normalized spacial score (nSPS) is 12.9. The minimum atomic E-state index is 0.379. The molecule has 1 N–H and O–H groups in total. The number of rotatable bonds is 9. The van der Waals surface area contributed by atoms with Crippen molar-refractivity contribution in [2.24, 2.45) is 5.92 Å². The van der Waals surface area contributed by atoms with Crippen LogP contribution in [0.4, 0.5) is 0 Å². The molecule has 1 atom stereocenters. The number of hydrogen-bond donors (Lipinski definition) is 1. The van der Waals surface area contributed by atoms with Crippen LogP contribution in [-0.2, 0) is 0 Å². The maximum Gasteiger partial charge on any atom is 0.119 e. The van der Waals surface area contributed by atoms with Crippen LogP contribution < -0.4 is 10.1 Å². The Morgan fingerprint density at radius 2 is 2.00 bits per heavy atom. The van der Waals surface area contributed by atoms with Gasteiger partial charge in [-0.2, -0.15) is 0 Å². The van der Waals surface area contributed by atoms with Crippen LogP contribution in [0.5, 0.6) is 5.75 Å². The summed E-state index contributed by atoms with van der Waals surface area (Å²) in [5.74, 6) is 1.72. The minimum Gasteiger partial charge on any atom is -0.497 e. The molecule has 114 valence electrons. The molecule has 0 aliphatic carbocycles. The van der Waals surface area contributed by atoms with Gasteiger partial charge in [0.2, 0.25) is 0 Å². The van der Waals surface area contributed by atoms with Crippen molar-refractivity contribution in [3.05, 3.63) is 29.8 Å². The van der Waals surface area contributed by atoms with Crippen LogP contribution in [-0.4, -0.2) is 39.2 Å². The number of methoxy groups -OCH3 is 1. The molecule has 0 heterocycles. The predicted molar refractivity (Wildman–Crippen MR) is 86.4 cm³/mol. The molecular formula is C17H30N2O. The van der Waals surface area contributed by atoms with Gasteiger partial charge in [0, 0.05) is 12.6 Å². The molecule has 3 nitrogen and oxygen atoms in total. The summed E-state index contributed by atoms with van der Waals surface area (Å²) in [5.41, 5.74) is 1.30. The summed E-state index contributed by atoms with van der Waals surface area (Å²) in [6.07, 6.45) is 2.54. The number of hydrogen-bond acceptors (Lipinski definition) is 3. The maximum atomic E-state index is 5.32. The quantitative estimate of drug-likeness (QED) is 0.701. The first kappa shape index (κ1) is 17.0. The molecule has 0 amide bonds. The van der Waals surface area contributed by atoms with Crippen LogP contribution in [0, 0.1) is 5.92 Å². The van der Waals surface area contributed by atoms with Gasteiger partial charge in [-0.3, -0.25) is 0 Å². The van der Waals surface area contributed by atoms with Crippen LogP contribution in [0.3, 0.4) is 0 Å². The third kappa shape index (κ3) is 5.93. The van der Waals surface area contributed by atoms with Crippen molar-refractivity contribution < 1.29 is 4.74 Å². The second-order valence-corrected chi connectivity index (χ2v) is 6.00. The van der Waals surface area contributed by atoms with Crippen LogP contribution in [0.2, 0.25) is 0 Å². The van der Waals surface area contributed by atoms with Gasteiger partial charge in [-0.25, -0.2) is 0 Å². The monoisotopic (exact) mass is 278 g/mol. The van der Waals surface area contributed by atoms with Crippen molar-refractivity contribution in [3.8, 4) is 5.75 Å². The van der Waals surface area contributed by atoms with E-state index in [1.54, 1.807) is 7.11 Å². The highest BCUT2D eigenvalue weighted by Gasteiger charge is 2.14. The first-order chi connectivity index (χ1) is 9.54. The Morgan fingerprint density at radius 3 is 2.60 bits per heavy atom. The minimum absolute atomic E-state index is 0.379. The molecule has 20 heavy (non-hydrogen) atoms. The van der Waals surface area contributed by atoms with E-state index in [0.29, 0.717) is 6.04 Å². The fraction of sp³-hybridized carbons (Fsp3) is 0.647. The van der Waals surface area contributed by atoms with E-state index < -0.39 is 0 Å². The van der Waals surface area contributed by atoms with Crippen molar-refractivity contribution >= 4 is 0 Å². The molecule has 0 saturated carbocycles. The summed E-state index contributed by atoms with van der Waals surface area (Å²) in [5, 5.41) is 3.58. The lowest BCUT2D eigenvalue weighted by atomic mass is 10.1. The van der Waals surface area contributed by atoms with Gasteiger partial charge in [-0.05, 0) is 57.1 Å². The van der Waals surface area contributed by atoms with E-state index in [2.05, 4.69) is 56.4 Å². The Hall–Kier alpha value is -1.06. The van der Waals surface area contributed by atoms with E-state index in [4.69, 9.17) is 4.74 Å². The van der Waals surface area contributed by atoms with Crippen molar-refractivity contribution in [3.63, 3.8) is 0 Å². The second kappa shape index (κ2) is 8.98. The van der Waals surface area contributed by atoms with Gasteiger partial charge in [-0.15, -0.1) is 0 Å². The molecule has 0 aliphatic rings. The number of likely N-dealkylation sites (N-methyl/N-ethyl adjacent to an activating group) is 1. The van der Waals surface area contributed by atoms with Gasteiger partial charge >= 0.3 is 0 Å². The molecule has 0 bridgehead atoms. The largest absolute Gasteiger partial charge is 0.497 e. The predicted octanol–water partition coefficient (Wildman–Crippen LogP) is 3.32. The van der Waals surface area contributed by atoms with E-state index >= 15 is 0 Å². The Morgan fingerprint density at radius 1 is 1.25 bits per heavy atom. The van der Waals surface area contributed by atoms with Crippen molar-refractivity contribution in [1.29, 1.82) is 0 Å². The average Bonchev–Trinajstić information content (AvgIpc) is 2.42. The third-order valence-corrected chi connectivity index (χ3v) is 3.57. The van der Waals surface area contributed by atoms with Crippen LogP contribution in [0.15, 0.2) is 24.3 Å². The zero-order valence-corrected chi connectivity index (χ0v) is 13.6. The zero-order valence-electron chi connectivity index (χ0n) is 13.6. The topological polar surface area (TPSA) is 24.5 Å². The molecule has 1 aromatic rings. The van der Waals surface area contributed by atoms with Gasteiger partial charge < -0.3 is 15.0 Å². The van der Waals surface area contributed by atoms with Gasteiger partial charge in [0.25, 0.3) is 0 Å². The zero-order chi connectivity index (χ0) is 15.0. The summed E-state index contributed by atoms with van der Waals surface area (Å²) in [7, 11) is 5.97.